The summed E-state index contributed by atoms with van der Waals surface area (Å²) in [6.45, 7) is 1.51. The molecule has 0 unspecified atom stereocenters. The molecule has 1 N–H and O–H groups in total. The summed E-state index contributed by atoms with van der Waals surface area (Å²) in [5.41, 5.74) is 0.793. The number of carbonyl (C=O) groups is 1. The third kappa shape index (κ3) is 2.87. The highest BCUT2D eigenvalue weighted by molar-refractivity contribution is 7.09. The van der Waals surface area contributed by atoms with Crippen LogP contribution in [0.25, 0.3) is 10.8 Å². The van der Waals surface area contributed by atoms with Gasteiger partial charge in [0.15, 0.2) is 0 Å². The maximum absolute atomic E-state index is 10.3. The maximum Gasteiger partial charge on any atom is 0.329 e. The summed E-state index contributed by atoms with van der Waals surface area (Å²) in [5.74, 6) is -0.493. The molecule has 0 atom stereocenters. The predicted molar refractivity (Wildman–Crippen MR) is 59.9 cm³/mol. The Morgan fingerprint density at radius 2 is 2.28 bits per heavy atom. The Morgan fingerprint density at radius 3 is 3.00 bits per heavy atom. The van der Waals surface area contributed by atoms with Gasteiger partial charge in [0.05, 0.1) is 5.69 Å². The number of ether oxygens (including phenoxy) is 1. The average Bonchev–Trinajstić information content (AvgIpc) is 2.95. The molecule has 8 nitrogen and oxygen atoms in total. The van der Waals surface area contributed by atoms with E-state index in [9.17, 15) is 4.79 Å². The zero-order valence-electron chi connectivity index (χ0n) is 9.49. The fourth-order valence-corrected chi connectivity index (χ4v) is 1.90. The van der Waals surface area contributed by atoms with Crippen molar-refractivity contribution in [2.45, 2.75) is 20.0 Å². The average molecular weight is 270 g/mol. The van der Waals surface area contributed by atoms with Gasteiger partial charge in [-0.15, -0.1) is 15.3 Å². The number of aryl methyl sites for hydroxylation is 1. The lowest BCUT2D eigenvalue weighted by molar-refractivity contribution is -0.142. The number of aromatic nitrogens is 4. The molecule has 96 valence electrons. The van der Waals surface area contributed by atoms with Crippen LogP contribution < -0.4 is 0 Å². The molecule has 0 aliphatic carbocycles. The molecule has 2 aromatic rings. The first-order valence-corrected chi connectivity index (χ1v) is 5.91. The van der Waals surface area contributed by atoms with Crippen LogP contribution in [0.5, 0.6) is 0 Å². The van der Waals surface area contributed by atoms with Crippen molar-refractivity contribution in [3.63, 3.8) is 0 Å². The third-order valence-electron chi connectivity index (χ3n) is 2.00. The molecule has 0 fully saturated rings. The minimum Gasteiger partial charge on any atom is -0.480 e. The quantitative estimate of drug-likeness (QED) is 0.818. The van der Waals surface area contributed by atoms with E-state index in [2.05, 4.69) is 19.8 Å². The number of rotatable bonds is 6. The number of carboxylic acids is 1. The van der Waals surface area contributed by atoms with Crippen molar-refractivity contribution in [2.75, 3.05) is 6.61 Å². The zero-order valence-corrected chi connectivity index (χ0v) is 10.3. The molecule has 18 heavy (non-hydrogen) atoms. The van der Waals surface area contributed by atoms with Crippen LogP contribution in [0.1, 0.15) is 18.5 Å². The Labute approximate surface area is 106 Å². The summed E-state index contributed by atoms with van der Waals surface area (Å²) >= 11 is 1.18. The Balaban J connectivity index is 2.04. The van der Waals surface area contributed by atoms with Crippen LogP contribution in [0.4, 0.5) is 0 Å². The zero-order chi connectivity index (χ0) is 13.0. The molecule has 0 radical (unpaired) electrons. The van der Waals surface area contributed by atoms with E-state index in [1.54, 1.807) is 0 Å². The monoisotopic (exact) mass is 270 g/mol. The molecule has 2 heterocycles. The summed E-state index contributed by atoms with van der Waals surface area (Å²) in [6.07, 6.45) is 0.721. The van der Waals surface area contributed by atoms with Gasteiger partial charge in [-0.1, -0.05) is 11.4 Å². The number of carboxylic acid groups (broad SMARTS) is 1. The van der Waals surface area contributed by atoms with E-state index in [4.69, 9.17) is 14.3 Å². The number of hydrogen-bond donors (Lipinski definition) is 1. The van der Waals surface area contributed by atoms with Crippen LogP contribution in [-0.4, -0.2) is 37.5 Å². The van der Waals surface area contributed by atoms with E-state index < -0.39 is 12.6 Å². The van der Waals surface area contributed by atoms with Gasteiger partial charge in [0.1, 0.15) is 18.1 Å². The topological polar surface area (TPSA) is 111 Å². The van der Waals surface area contributed by atoms with Crippen molar-refractivity contribution < 1.29 is 19.1 Å². The van der Waals surface area contributed by atoms with Crippen LogP contribution in [0.3, 0.4) is 0 Å². The first kappa shape index (κ1) is 12.6. The Morgan fingerprint density at radius 1 is 1.44 bits per heavy atom. The van der Waals surface area contributed by atoms with Gasteiger partial charge >= 0.3 is 5.97 Å². The van der Waals surface area contributed by atoms with Gasteiger partial charge in [-0.05, 0) is 18.0 Å². The first-order valence-electron chi connectivity index (χ1n) is 5.14. The van der Waals surface area contributed by atoms with Crippen molar-refractivity contribution in [1.82, 2.24) is 19.8 Å². The smallest absolute Gasteiger partial charge is 0.329 e. The van der Waals surface area contributed by atoms with Crippen molar-refractivity contribution in [3.8, 4) is 10.8 Å². The molecule has 0 saturated carbocycles. The fourth-order valence-electron chi connectivity index (χ4n) is 1.23. The van der Waals surface area contributed by atoms with Crippen LogP contribution in [0.15, 0.2) is 4.42 Å². The Bertz CT molecular complexity index is 538. The second-order valence-corrected chi connectivity index (χ2v) is 4.04. The summed E-state index contributed by atoms with van der Waals surface area (Å²) in [6, 6.07) is 0. The SMILES string of the molecule is CCc1nnsc1-c1nnc(COCC(=O)O)o1. The lowest BCUT2D eigenvalue weighted by atomic mass is 10.3. The second kappa shape index (κ2) is 5.65. The number of hydrogen-bond acceptors (Lipinski definition) is 8. The minimum atomic E-state index is -1.05. The van der Waals surface area contributed by atoms with Crippen LogP contribution in [0, 0.1) is 0 Å². The predicted octanol–water partition coefficient (Wildman–Crippen LogP) is 0.752. The summed E-state index contributed by atoms with van der Waals surface area (Å²) in [7, 11) is 0. The standard InChI is InChI=1S/C9H10N4O4S/c1-2-5-8(18-13-10-5)9-12-11-6(17-9)3-16-4-7(14)15/h2-4H2,1H3,(H,14,15). The molecular formula is C9H10N4O4S. The Kier molecular flexibility index (Phi) is 3.95. The molecule has 0 bridgehead atoms. The summed E-state index contributed by atoms with van der Waals surface area (Å²) in [5, 5.41) is 20.0. The van der Waals surface area contributed by atoms with Crippen LogP contribution in [-0.2, 0) is 22.6 Å². The minimum absolute atomic E-state index is 0.0347. The first-order chi connectivity index (χ1) is 8.70. The van der Waals surface area contributed by atoms with E-state index in [0.29, 0.717) is 5.89 Å². The molecule has 0 spiro atoms. The molecule has 2 rings (SSSR count). The molecule has 0 amide bonds. The highest BCUT2D eigenvalue weighted by atomic mass is 32.1. The molecule has 0 aliphatic rings. The van der Waals surface area contributed by atoms with Gasteiger partial charge in [0, 0.05) is 0 Å². The normalized spacial score (nSPS) is 10.7. The highest BCUT2D eigenvalue weighted by Crippen LogP contribution is 2.25. The van der Waals surface area contributed by atoms with Crippen molar-refractivity contribution in [2.24, 2.45) is 0 Å². The van der Waals surface area contributed by atoms with Crippen molar-refractivity contribution in [1.29, 1.82) is 0 Å². The molecule has 2 aromatic heterocycles. The highest BCUT2D eigenvalue weighted by Gasteiger charge is 2.15. The maximum atomic E-state index is 10.3. The van der Waals surface area contributed by atoms with Gasteiger partial charge in [0.2, 0.25) is 5.89 Å². The second-order valence-electron chi connectivity index (χ2n) is 3.29. The molecule has 0 aliphatic heterocycles. The third-order valence-corrected chi connectivity index (χ3v) is 2.76. The van der Waals surface area contributed by atoms with Crippen LogP contribution >= 0.6 is 11.5 Å². The number of aliphatic carboxylic acids is 1. The van der Waals surface area contributed by atoms with Gasteiger partial charge < -0.3 is 14.3 Å². The lowest BCUT2D eigenvalue weighted by Crippen LogP contribution is -2.06. The Hall–Kier alpha value is -1.87. The van der Waals surface area contributed by atoms with E-state index in [1.807, 2.05) is 6.92 Å². The van der Waals surface area contributed by atoms with E-state index in [0.717, 1.165) is 17.0 Å². The van der Waals surface area contributed by atoms with E-state index in [1.165, 1.54) is 11.5 Å². The van der Waals surface area contributed by atoms with E-state index >= 15 is 0 Å². The van der Waals surface area contributed by atoms with Gasteiger partial charge in [-0.3, -0.25) is 0 Å². The molecule has 0 aromatic carbocycles. The largest absolute Gasteiger partial charge is 0.480 e. The molecule has 9 heteroatoms. The van der Waals surface area contributed by atoms with Crippen LogP contribution in [0.2, 0.25) is 0 Å². The summed E-state index contributed by atoms with van der Waals surface area (Å²) in [4.78, 5) is 11.0. The van der Waals surface area contributed by atoms with Gasteiger partial charge in [0.25, 0.3) is 5.89 Å². The summed E-state index contributed by atoms with van der Waals surface area (Å²) < 4.78 is 14.0. The number of nitrogens with zero attached hydrogens (tertiary/aromatic N) is 4. The molecule has 0 saturated heterocycles. The lowest BCUT2D eigenvalue weighted by Gasteiger charge is -1.95. The van der Waals surface area contributed by atoms with Gasteiger partial charge in [-0.25, -0.2) is 4.79 Å². The molecular weight excluding hydrogens is 260 g/mol. The van der Waals surface area contributed by atoms with Crippen molar-refractivity contribution >= 4 is 17.5 Å². The fraction of sp³-hybridized carbons (Fsp3) is 0.444. The van der Waals surface area contributed by atoms with Crippen molar-refractivity contribution in [3.05, 3.63) is 11.6 Å². The van der Waals surface area contributed by atoms with Gasteiger partial charge in [-0.2, -0.15) is 0 Å². The van der Waals surface area contributed by atoms with E-state index in [-0.39, 0.29) is 12.5 Å².